The zero-order valence-corrected chi connectivity index (χ0v) is 22.1. The first-order valence-electron chi connectivity index (χ1n) is 13.4. The number of likely N-dealkylation sites (N-methyl/N-ethyl adjacent to an activating group) is 1. The molecule has 2 aliphatic rings. The quantitative estimate of drug-likeness (QED) is 0.455. The zero-order chi connectivity index (χ0) is 25.9. The van der Waals surface area contributed by atoms with Crippen LogP contribution in [0, 0.1) is 0 Å². The lowest BCUT2D eigenvalue weighted by Crippen LogP contribution is -2.44. The van der Waals surface area contributed by atoms with Gasteiger partial charge < -0.3 is 25.0 Å². The Labute approximate surface area is 219 Å². The van der Waals surface area contributed by atoms with E-state index in [-0.39, 0.29) is 11.8 Å². The Morgan fingerprint density at radius 1 is 0.892 bits per heavy atom. The number of Topliss-reactive ketones (excluding diaryl/α,β-unsaturated/α-hetero) is 1. The van der Waals surface area contributed by atoms with Crippen molar-refractivity contribution >= 4 is 23.2 Å². The maximum atomic E-state index is 13.2. The number of ketones is 1. The van der Waals surface area contributed by atoms with Crippen molar-refractivity contribution < 1.29 is 9.59 Å². The molecule has 0 saturated carbocycles. The lowest BCUT2D eigenvalue weighted by molar-refractivity contribution is 0.0992. The molecule has 194 valence electrons. The molecule has 1 saturated heterocycles. The van der Waals surface area contributed by atoms with E-state index in [2.05, 4.69) is 71.3 Å². The second-order valence-corrected chi connectivity index (χ2v) is 10.2. The van der Waals surface area contributed by atoms with Crippen molar-refractivity contribution in [1.29, 1.82) is 0 Å². The third-order valence-electron chi connectivity index (χ3n) is 7.80. The van der Waals surface area contributed by atoms with Gasteiger partial charge in [-0.05, 0) is 66.4 Å². The minimum atomic E-state index is -0.100. The van der Waals surface area contributed by atoms with E-state index in [1.165, 1.54) is 5.69 Å². The van der Waals surface area contributed by atoms with Gasteiger partial charge in [-0.3, -0.25) is 4.79 Å². The second kappa shape index (κ2) is 10.8. The Hall–Kier alpha value is -3.58. The van der Waals surface area contributed by atoms with Crippen molar-refractivity contribution in [2.45, 2.75) is 46.2 Å². The number of H-pyrrole nitrogens is 1. The van der Waals surface area contributed by atoms with Crippen LogP contribution < -0.4 is 10.2 Å². The molecule has 0 spiro atoms. The number of para-hydroxylation sites is 1. The molecular weight excluding hydrogens is 462 g/mol. The van der Waals surface area contributed by atoms with E-state index < -0.39 is 0 Å². The van der Waals surface area contributed by atoms with Gasteiger partial charge in [0.15, 0.2) is 5.78 Å². The van der Waals surface area contributed by atoms with E-state index in [0.717, 1.165) is 78.2 Å². The summed E-state index contributed by atoms with van der Waals surface area (Å²) in [5.41, 5.74) is 8.18. The first kappa shape index (κ1) is 25.1. The number of nitrogens with one attached hydrogen (secondary N) is 2. The molecule has 0 atom stereocenters. The fourth-order valence-electron chi connectivity index (χ4n) is 5.41. The highest BCUT2D eigenvalue weighted by Crippen LogP contribution is 2.29. The first-order chi connectivity index (χ1) is 18.0. The minimum absolute atomic E-state index is 0.0964. The molecule has 2 aromatic carbocycles. The Morgan fingerprint density at radius 3 is 2.22 bits per heavy atom. The van der Waals surface area contributed by atoms with Crippen LogP contribution in [0.25, 0.3) is 0 Å². The van der Waals surface area contributed by atoms with Crippen LogP contribution in [-0.2, 0) is 32.4 Å². The van der Waals surface area contributed by atoms with Crippen molar-refractivity contribution in [1.82, 2.24) is 14.8 Å². The average molecular weight is 500 g/mol. The van der Waals surface area contributed by atoms with E-state index in [0.29, 0.717) is 19.5 Å². The number of piperazine rings is 1. The maximum Gasteiger partial charge on any atom is 0.322 e. The monoisotopic (exact) mass is 499 g/mol. The number of amides is 2. The number of hydrogen-bond donors (Lipinski definition) is 2. The van der Waals surface area contributed by atoms with Crippen LogP contribution in [0.3, 0.4) is 0 Å². The summed E-state index contributed by atoms with van der Waals surface area (Å²) in [6.45, 7) is 9.36. The molecule has 2 N–H and O–H groups in total. The molecule has 3 heterocycles. The first-order valence-corrected chi connectivity index (χ1v) is 13.4. The van der Waals surface area contributed by atoms with Gasteiger partial charge in [-0.25, -0.2) is 4.79 Å². The molecule has 0 bridgehead atoms. The van der Waals surface area contributed by atoms with Gasteiger partial charge in [-0.2, -0.15) is 0 Å². The SMILES string of the molecule is CCc1cccc(CC)c1NC(=O)N1Cc2[nH]cc(CC(=O)c3ccc(N4CCN(C)CC4)cc3)c2C1. The molecule has 5 rings (SSSR count). The second-order valence-electron chi connectivity index (χ2n) is 10.2. The van der Waals surface area contributed by atoms with Crippen LogP contribution in [0.5, 0.6) is 0 Å². The minimum Gasteiger partial charge on any atom is -0.369 e. The number of benzene rings is 2. The number of urea groups is 1. The summed E-state index contributed by atoms with van der Waals surface area (Å²) in [6.07, 6.45) is 3.99. The normalized spacial score (nSPS) is 15.6. The van der Waals surface area contributed by atoms with Gasteiger partial charge in [-0.15, -0.1) is 0 Å². The third-order valence-corrected chi connectivity index (χ3v) is 7.80. The molecule has 1 aromatic heterocycles. The fourth-order valence-corrected chi connectivity index (χ4v) is 5.41. The Bertz CT molecular complexity index is 1250. The van der Waals surface area contributed by atoms with Crippen LogP contribution >= 0.6 is 0 Å². The molecule has 37 heavy (non-hydrogen) atoms. The van der Waals surface area contributed by atoms with Crippen LogP contribution in [-0.4, -0.2) is 59.8 Å². The Balaban J connectivity index is 1.22. The molecule has 2 amide bonds. The van der Waals surface area contributed by atoms with Gasteiger partial charge in [0, 0.05) is 68.0 Å². The van der Waals surface area contributed by atoms with Crippen molar-refractivity contribution in [2.75, 3.05) is 43.4 Å². The Kier molecular flexibility index (Phi) is 7.33. The summed E-state index contributed by atoms with van der Waals surface area (Å²) in [5, 5.41) is 3.17. The maximum absolute atomic E-state index is 13.2. The number of aromatic nitrogens is 1. The summed E-state index contributed by atoms with van der Waals surface area (Å²) >= 11 is 0. The molecule has 3 aromatic rings. The third kappa shape index (κ3) is 5.27. The average Bonchev–Trinajstić information content (AvgIpc) is 3.51. The lowest BCUT2D eigenvalue weighted by Gasteiger charge is -2.34. The van der Waals surface area contributed by atoms with Crippen LogP contribution in [0.1, 0.15) is 52.2 Å². The van der Waals surface area contributed by atoms with Crippen LogP contribution in [0.2, 0.25) is 0 Å². The standard InChI is InChI=1S/C30H37N5O2/c1-4-21-7-6-8-22(5-2)29(21)32-30(37)35-19-26-24(18-31-27(26)20-35)17-28(36)23-9-11-25(12-10-23)34-15-13-33(3)14-16-34/h6-12,18,31H,4-5,13-17,19-20H2,1-3H3,(H,32,37). The molecule has 0 aliphatic carbocycles. The van der Waals surface area contributed by atoms with Crippen molar-refractivity contribution in [3.05, 3.63) is 82.2 Å². The summed E-state index contributed by atoms with van der Waals surface area (Å²) in [6, 6.07) is 14.1. The largest absolute Gasteiger partial charge is 0.369 e. The summed E-state index contributed by atoms with van der Waals surface area (Å²) in [5.74, 6) is 0.0964. The topological polar surface area (TPSA) is 71.7 Å². The van der Waals surface area contributed by atoms with E-state index in [9.17, 15) is 9.59 Å². The predicted molar refractivity (Wildman–Crippen MR) is 148 cm³/mol. The van der Waals surface area contributed by atoms with Gasteiger partial charge in [0.1, 0.15) is 0 Å². The Morgan fingerprint density at radius 2 is 1.57 bits per heavy atom. The zero-order valence-electron chi connectivity index (χ0n) is 22.1. The number of hydrogen-bond acceptors (Lipinski definition) is 4. The highest BCUT2D eigenvalue weighted by Gasteiger charge is 2.28. The number of carbonyl (C=O) groups excluding carboxylic acids is 2. The number of rotatable bonds is 7. The van der Waals surface area contributed by atoms with Crippen LogP contribution in [0.4, 0.5) is 16.2 Å². The molecule has 1 fully saturated rings. The molecular formula is C30H37N5O2. The van der Waals surface area contributed by atoms with Gasteiger partial charge in [0.05, 0.1) is 6.54 Å². The summed E-state index contributed by atoms with van der Waals surface area (Å²) < 4.78 is 0. The van der Waals surface area contributed by atoms with Crippen molar-refractivity contribution in [2.24, 2.45) is 0 Å². The summed E-state index contributed by atoms with van der Waals surface area (Å²) in [4.78, 5) is 36.1. The molecule has 7 heteroatoms. The number of aromatic amines is 1. The number of nitrogens with zero attached hydrogens (tertiary/aromatic N) is 3. The molecule has 7 nitrogen and oxygen atoms in total. The van der Waals surface area contributed by atoms with Crippen molar-refractivity contribution in [3.8, 4) is 0 Å². The van der Waals surface area contributed by atoms with Crippen LogP contribution in [0.15, 0.2) is 48.7 Å². The number of carbonyl (C=O) groups is 2. The molecule has 0 unspecified atom stereocenters. The summed E-state index contributed by atoms with van der Waals surface area (Å²) in [7, 11) is 2.15. The fraction of sp³-hybridized carbons (Fsp3) is 0.400. The highest BCUT2D eigenvalue weighted by atomic mass is 16.2. The van der Waals surface area contributed by atoms with Crippen molar-refractivity contribution in [3.63, 3.8) is 0 Å². The number of anilines is 2. The predicted octanol–water partition coefficient (Wildman–Crippen LogP) is 4.86. The van der Waals surface area contributed by atoms with Gasteiger partial charge in [-0.1, -0.05) is 32.0 Å². The van der Waals surface area contributed by atoms with E-state index in [4.69, 9.17) is 0 Å². The highest BCUT2D eigenvalue weighted by molar-refractivity contribution is 5.98. The number of fused-ring (bicyclic) bond motifs is 1. The van der Waals surface area contributed by atoms with E-state index in [1.807, 2.05) is 23.2 Å². The molecule has 0 radical (unpaired) electrons. The van der Waals surface area contributed by atoms with Gasteiger partial charge >= 0.3 is 6.03 Å². The van der Waals surface area contributed by atoms with E-state index in [1.54, 1.807) is 0 Å². The number of aryl methyl sites for hydroxylation is 2. The lowest BCUT2D eigenvalue weighted by atomic mass is 10.0. The smallest absolute Gasteiger partial charge is 0.322 e. The molecule has 2 aliphatic heterocycles. The van der Waals surface area contributed by atoms with Gasteiger partial charge in [0.25, 0.3) is 0 Å². The van der Waals surface area contributed by atoms with Gasteiger partial charge in [0.2, 0.25) is 0 Å². The van der Waals surface area contributed by atoms with E-state index >= 15 is 0 Å².